The Morgan fingerprint density at radius 1 is 1.08 bits per heavy atom. The Morgan fingerprint density at radius 2 is 1.88 bits per heavy atom. The molecule has 3 nitrogen and oxygen atoms in total. The molecule has 2 N–H and O–H groups in total. The summed E-state index contributed by atoms with van der Waals surface area (Å²) in [4.78, 5) is 2.57. The summed E-state index contributed by atoms with van der Waals surface area (Å²) in [6.45, 7) is 10.3. The average Bonchev–Trinajstić information content (AvgIpc) is 2.58. The highest BCUT2D eigenvalue weighted by Gasteiger charge is 2.69. The molecule has 0 aromatic carbocycles. The van der Waals surface area contributed by atoms with E-state index in [2.05, 4.69) is 18.4 Å². The van der Waals surface area contributed by atoms with Gasteiger partial charge in [0.1, 0.15) is 0 Å². The number of piperidine rings is 1. The molecule has 1 saturated heterocycles. The van der Waals surface area contributed by atoms with Gasteiger partial charge in [-0.05, 0) is 79.1 Å². The Kier molecular flexibility index (Phi) is 3.57. The van der Waals surface area contributed by atoms with Crippen molar-refractivity contribution in [3.05, 3.63) is 12.2 Å². The van der Waals surface area contributed by atoms with Gasteiger partial charge in [-0.1, -0.05) is 19.9 Å². The van der Waals surface area contributed by atoms with Gasteiger partial charge in [-0.25, -0.2) is 0 Å². The molecule has 7 atom stereocenters. The van der Waals surface area contributed by atoms with Crippen LogP contribution in [0.5, 0.6) is 0 Å². The van der Waals surface area contributed by atoms with Gasteiger partial charge in [-0.3, -0.25) is 4.90 Å². The van der Waals surface area contributed by atoms with Crippen LogP contribution in [0.15, 0.2) is 12.2 Å². The predicted octanol–water partition coefficient (Wildman–Crippen LogP) is 3.21. The van der Waals surface area contributed by atoms with Crippen molar-refractivity contribution in [1.29, 1.82) is 0 Å². The van der Waals surface area contributed by atoms with E-state index in [1.165, 1.54) is 57.9 Å². The number of β-amino-alcohol motifs (C(OH)–C–C–N with tert-alkyl or cyclic N) is 1. The highest BCUT2D eigenvalue weighted by atomic mass is 16.3. The largest absolute Gasteiger partial charge is 0.395 e. The molecule has 6 aliphatic rings. The van der Waals surface area contributed by atoms with Gasteiger partial charge in [0.15, 0.2) is 0 Å². The van der Waals surface area contributed by atoms with Crippen LogP contribution < -0.4 is 0 Å². The molecule has 4 bridgehead atoms. The van der Waals surface area contributed by atoms with Crippen molar-refractivity contribution >= 4 is 0 Å². The maximum Gasteiger partial charge on any atom is 0.0809 e. The van der Waals surface area contributed by atoms with Crippen LogP contribution in [0.4, 0.5) is 0 Å². The number of rotatable bonds is 2. The van der Waals surface area contributed by atoms with Gasteiger partial charge in [-0.2, -0.15) is 0 Å². The number of aliphatic hydroxyl groups excluding tert-OH is 2. The van der Waals surface area contributed by atoms with Crippen LogP contribution >= 0.6 is 0 Å². The number of hydrogen-bond acceptors (Lipinski definition) is 3. The predicted molar refractivity (Wildman–Crippen MR) is 99.1 cm³/mol. The van der Waals surface area contributed by atoms with Crippen LogP contribution in [-0.2, 0) is 0 Å². The van der Waals surface area contributed by atoms with Crippen LogP contribution in [0.2, 0.25) is 0 Å². The maximum atomic E-state index is 11.2. The fourth-order valence-corrected chi connectivity index (χ4v) is 8.86. The molecule has 5 aliphatic carbocycles. The first-order chi connectivity index (χ1) is 12.0. The molecular formula is C22H35NO2. The Hall–Kier alpha value is -0.380. The van der Waals surface area contributed by atoms with Crippen molar-refractivity contribution in [3.63, 3.8) is 0 Å². The van der Waals surface area contributed by atoms with E-state index in [-0.39, 0.29) is 18.1 Å². The van der Waals surface area contributed by atoms with E-state index in [4.69, 9.17) is 0 Å². The van der Waals surface area contributed by atoms with E-state index >= 15 is 0 Å². The SMILES string of the molecule is C=C1[C@@H]2CC[C@]3(CC[C@@H]4[C@]5(C)CCC[C@@]4(CN(CCO)C5)[C@@H]3C2)[C@@H]1O. The van der Waals surface area contributed by atoms with Crippen LogP contribution in [-0.4, -0.2) is 47.5 Å². The lowest BCUT2D eigenvalue weighted by molar-refractivity contribution is -0.240. The quantitative estimate of drug-likeness (QED) is 0.755. The lowest BCUT2D eigenvalue weighted by Crippen LogP contribution is -2.71. The average molecular weight is 346 g/mol. The molecule has 140 valence electrons. The number of aliphatic hydroxyl groups is 2. The molecule has 1 spiro atoms. The molecule has 0 unspecified atom stereocenters. The van der Waals surface area contributed by atoms with Crippen molar-refractivity contribution in [1.82, 2.24) is 4.90 Å². The fourth-order valence-electron chi connectivity index (χ4n) is 8.86. The zero-order valence-electron chi connectivity index (χ0n) is 15.8. The zero-order valence-corrected chi connectivity index (χ0v) is 15.8. The Balaban J connectivity index is 1.59. The summed E-state index contributed by atoms with van der Waals surface area (Å²) in [7, 11) is 0. The molecule has 1 aliphatic heterocycles. The minimum absolute atomic E-state index is 0.114. The van der Waals surface area contributed by atoms with Gasteiger partial charge in [0, 0.05) is 25.0 Å². The van der Waals surface area contributed by atoms with Gasteiger partial charge in [0.05, 0.1) is 12.7 Å². The van der Waals surface area contributed by atoms with Crippen molar-refractivity contribution < 1.29 is 10.2 Å². The summed E-state index contributed by atoms with van der Waals surface area (Å²) < 4.78 is 0. The van der Waals surface area contributed by atoms with Crippen molar-refractivity contribution in [2.24, 2.45) is 34.0 Å². The molecule has 0 radical (unpaired) electrons. The monoisotopic (exact) mass is 345 g/mol. The van der Waals surface area contributed by atoms with Crippen LogP contribution in [0.25, 0.3) is 0 Å². The summed E-state index contributed by atoms with van der Waals surface area (Å²) in [5.41, 5.74) is 2.05. The highest BCUT2D eigenvalue weighted by molar-refractivity contribution is 5.27. The van der Waals surface area contributed by atoms with Gasteiger partial charge >= 0.3 is 0 Å². The number of hydrogen-bond donors (Lipinski definition) is 2. The number of fused-ring (bicyclic) bond motifs is 2. The molecule has 25 heavy (non-hydrogen) atoms. The first-order valence-corrected chi connectivity index (χ1v) is 10.7. The zero-order chi connectivity index (χ0) is 17.4. The normalized spacial score (nSPS) is 54.9. The van der Waals surface area contributed by atoms with Gasteiger partial charge in [-0.15, -0.1) is 0 Å². The second-order valence-corrected chi connectivity index (χ2v) is 10.5. The number of nitrogens with zero attached hydrogens (tertiary/aromatic N) is 1. The molecule has 6 rings (SSSR count). The van der Waals surface area contributed by atoms with E-state index in [0.717, 1.165) is 24.6 Å². The van der Waals surface area contributed by atoms with Crippen LogP contribution in [0.1, 0.15) is 58.3 Å². The van der Waals surface area contributed by atoms with E-state index < -0.39 is 0 Å². The smallest absolute Gasteiger partial charge is 0.0809 e. The standard InChI is InChI=1S/C22H35NO2/c1-15-16-4-8-21(19(15)25)9-5-17-20(2)6-3-7-22(17,18(21)12-16)14-23(13-20)10-11-24/h16-19,24-25H,1,3-14H2,2H3/t16-,17-,18-,19-,20-,21-,22+/m1/s1. The Bertz CT molecular complexity index is 591. The minimum Gasteiger partial charge on any atom is -0.395 e. The third-order valence-corrected chi connectivity index (χ3v) is 9.63. The first-order valence-electron chi connectivity index (χ1n) is 10.7. The summed E-state index contributed by atoms with van der Waals surface area (Å²) >= 11 is 0. The first kappa shape index (κ1) is 16.8. The van der Waals surface area contributed by atoms with E-state index in [9.17, 15) is 10.2 Å². The third kappa shape index (κ3) is 1.98. The topological polar surface area (TPSA) is 43.7 Å². The molecular weight excluding hydrogens is 310 g/mol. The van der Waals surface area contributed by atoms with Crippen molar-refractivity contribution in [2.45, 2.75) is 64.4 Å². The number of likely N-dealkylation sites (tertiary alicyclic amines) is 1. The lowest BCUT2D eigenvalue weighted by atomic mass is 9.35. The summed E-state index contributed by atoms with van der Waals surface area (Å²) in [6, 6.07) is 0. The molecule has 0 aromatic rings. The Labute approximate surface area is 152 Å². The summed E-state index contributed by atoms with van der Waals surface area (Å²) in [5, 5.41) is 20.8. The van der Waals surface area contributed by atoms with E-state index in [0.29, 0.717) is 22.7 Å². The Morgan fingerprint density at radius 3 is 2.68 bits per heavy atom. The molecule has 0 aromatic heterocycles. The molecule has 3 heteroatoms. The van der Waals surface area contributed by atoms with Crippen molar-refractivity contribution in [3.8, 4) is 0 Å². The van der Waals surface area contributed by atoms with Gasteiger partial charge in [0.25, 0.3) is 0 Å². The molecule has 6 fully saturated rings. The van der Waals surface area contributed by atoms with Crippen LogP contribution in [0.3, 0.4) is 0 Å². The second-order valence-electron chi connectivity index (χ2n) is 10.5. The van der Waals surface area contributed by atoms with Gasteiger partial charge in [0.2, 0.25) is 0 Å². The third-order valence-electron chi connectivity index (χ3n) is 9.63. The lowest BCUT2D eigenvalue weighted by Gasteiger charge is -2.73. The molecule has 5 saturated carbocycles. The van der Waals surface area contributed by atoms with Crippen molar-refractivity contribution in [2.75, 3.05) is 26.2 Å². The van der Waals surface area contributed by atoms with E-state index in [1.54, 1.807) is 0 Å². The summed E-state index contributed by atoms with van der Waals surface area (Å²) in [6.07, 6.45) is 10.0. The minimum atomic E-state index is -0.262. The molecule has 0 amide bonds. The summed E-state index contributed by atoms with van der Waals surface area (Å²) in [5.74, 6) is 2.04. The molecule has 1 heterocycles. The fraction of sp³-hybridized carbons (Fsp3) is 0.909. The van der Waals surface area contributed by atoms with Crippen LogP contribution in [0, 0.1) is 34.0 Å². The van der Waals surface area contributed by atoms with E-state index in [1.807, 2.05) is 0 Å². The second kappa shape index (κ2) is 5.33. The maximum absolute atomic E-state index is 11.2. The highest BCUT2D eigenvalue weighted by Crippen LogP contribution is 2.73. The van der Waals surface area contributed by atoms with Gasteiger partial charge < -0.3 is 10.2 Å².